The van der Waals surface area contributed by atoms with Gasteiger partial charge in [0.05, 0.1) is 19.6 Å². The third-order valence-electron chi connectivity index (χ3n) is 3.75. The molecule has 1 atom stereocenters. The van der Waals surface area contributed by atoms with Crippen molar-refractivity contribution in [3.63, 3.8) is 0 Å². The summed E-state index contributed by atoms with van der Waals surface area (Å²) in [5, 5.41) is 10.4. The van der Waals surface area contributed by atoms with E-state index in [0.717, 1.165) is 0 Å². The molecule has 1 aliphatic rings. The van der Waals surface area contributed by atoms with Crippen molar-refractivity contribution in [3.8, 4) is 0 Å². The highest BCUT2D eigenvalue weighted by atomic mass is 16.6. The molecule has 0 spiro atoms. The van der Waals surface area contributed by atoms with Gasteiger partial charge in [0, 0.05) is 26.0 Å². The van der Waals surface area contributed by atoms with Crippen molar-refractivity contribution in [2.24, 2.45) is 0 Å². The van der Waals surface area contributed by atoms with Gasteiger partial charge in [-0.15, -0.1) is 0 Å². The Bertz CT molecular complexity index is 689. The molecule has 1 fully saturated rings. The highest BCUT2D eigenvalue weighted by molar-refractivity contribution is 5.78. The molecule has 0 aromatic carbocycles. The normalized spacial score (nSPS) is 18.0. The molecular formula is C14H18N6O3. The first-order valence-electron chi connectivity index (χ1n) is 7.35. The monoisotopic (exact) mass is 318 g/mol. The van der Waals surface area contributed by atoms with Crippen LogP contribution in [0.3, 0.4) is 0 Å². The lowest BCUT2D eigenvalue weighted by molar-refractivity contribution is -0.138. The quantitative estimate of drug-likeness (QED) is 0.861. The number of anilines is 1. The van der Waals surface area contributed by atoms with Crippen LogP contribution in [0.25, 0.3) is 0 Å². The van der Waals surface area contributed by atoms with Gasteiger partial charge in [-0.3, -0.25) is 9.78 Å². The molecule has 3 rings (SSSR count). The predicted molar refractivity (Wildman–Crippen MR) is 79.6 cm³/mol. The van der Waals surface area contributed by atoms with Gasteiger partial charge in [0.25, 0.3) is 0 Å². The van der Waals surface area contributed by atoms with Crippen LogP contribution in [0.2, 0.25) is 0 Å². The van der Waals surface area contributed by atoms with Crippen molar-refractivity contribution in [3.05, 3.63) is 29.5 Å². The highest BCUT2D eigenvalue weighted by Gasteiger charge is 2.29. The van der Waals surface area contributed by atoms with Crippen molar-refractivity contribution in [1.82, 2.24) is 25.2 Å². The van der Waals surface area contributed by atoms with E-state index in [9.17, 15) is 4.79 Å². The second-order valence-electron chi connectivity index (χ2n) is 5.21. The fourth-order valence-corrected chi connectivity index (χ4v) is 2.48. The van der Waals surface area contributed by atoms with Crippen molar-refractivity contribution in [2.75, 3.05) is 32.1 Å². The first-order valence-corrected chi connectivity index (χ1v) is 7.35. The van der Waals surface area contributed by atoms with Crippen LogP contribution in [0, 0.1) is 6.92 Å². The van der Waals surface area contributed by atoms with E-state index >= 15 is 0 Å². The number of rotatable bonds is 4. The molecule has 9 heteroatoms. The number of aryl methyl sites for hydroxylation is 1. The predicted octanol–water partition coefficient (Wildman–Crippen LogP) is 0.352. The molecule has 3 heterocycles. The van der Waals surface area contributed by atoms with Crippen LogP contribution in [-0.2, 0) is 16.0 Å². The first kappa shape index (κ1) is 15.3. The molecule has 9 nitrogen and oxygen atoms in total. The fraction of sp³-hybridized carbons (Fsp3) is 0.500. The van der Waals surface area contributed by atoms with Gasteiger partial charge in [-0.2, -0.15) is 0 Å². The Hall–Kier alpha value is -2.55. The Labute approximate surface area is 133 Å². The number of carbonyl (C=O) groups excluding carboxylic acids is 1. The standard InChI is InChI=1S/C14H18N6O3/c1-9-10(19-23-18-9)7-12(21)20-5-6-22-11(8-20)13-14(15-2)17-4-3-16-13/h3-4,11H,5-8H2,1-2H3,(H,15,17). The molecule has 2 aromatic rings. The van der Waals surface area contributed by atoms with Crippen LogP contribution in [0.4, 0.5) is 5.82 Å². The minimum absolute atomic E-state index is 0.0352. The molecule has 1 aliphatic heterocycles. The smallest absolute Gasteiger partial charge is 0.228 e. The molecule has 122 valence electrons. The fourth-order valence-electron chi connectivity index (χ4n) is 2.48. The van der Waals surface area contributed by atoms with E-state index in [1.165, 1.54) is 0 Å². The lowest BCUT2D eigenvalue weighted by atomic mass is 10.1. The van der Waals surface area contributed by atoms with Crippen molar-refractivity contribution in [2.45, 2.75) is 19.4 Å². The van der Waals surface area contributed by atoms with E-state index in [-0.39, 0.29) is 18.4 Å². The van der Waals surface area contributed by atoms with E-state index < -0.39 is 0 Å². The van der Waals surface area contributed by atoms with E-state index in [1.807, 2.05) is 0 Å². The van der Waals surface area contributed by atoms with Crippen LogP contribution < -0.4 is 5.32 Å². The molecule has 1 amide bonds. The molecule has 1 N–H and O–H groups in total. The molecule has 0 radical (unpaired) electrons. The van der Waals surface area contributed by atoms with Gasteiger partial charge in [-0.1, -0.05) is 10.3 Å². The summed E-state index contributed by atoms with van der Waals surface area (Å²) < 4.78 is 10.4. The maximum atomic E-state index is 12.5. The Morgan fingerprint density at radius 1 is 1.39 bits per heavy atom. The third kappa shape index (κ3) is 3.29. The zero-order valence-electron chi connectivity index (χ0n) is 13.0. The van der Waals surface area contributed by atoms with Gasteiger partial charge in [0.1, 0.15) is 29.0 Å². The minimum atomic E-state index is -0.305. The summed E-state index contributed by atoms with van der Waals surface area (Å²) in [6, 6.07) is 0. The molecule has 0 aliphatic carbocycles. The van der Waals surface area contributed by atoms with Gasteiger partial charge in [-0.05, 0) is 6.92 Å². The first-order chi connectivity index (χ1) is 11.2. The number of nitrogens with one attached hydrogen (secondary N) is 1. The van der Waals surface area contributed by atoms with Gasteiger partial charge < -0.3 is 15.0 Å². The zero-order valence-corrected chi connectivity index (χ0v) is 13.0. The van der Waals surface area contributed by atoms with Crippen LogP contribution in [0.5, 0.6) is 0 Å². The highest BCUT2D eigenvalue weighted by Crippen LogP contribution is 2.25. The summed E-state index contributed by atoms with van der Waals surface area (Å²) >= 11 is 0. The van der Waals surface area contributed by atoms with E-state index in [2.05, 4.69) is 30.2 Å². The van der Waals surface area contributed by atoms with Gasteiger partial charge in [0.15, 0.2) is 0 Å². The molecular weight excluding hydrogens is 300 g/mol. The number of amides is 1. The second-order valence-corrected chi connectivity index (χ2v) is 5.21. The van der Waals surface area contributed by atoms with Gasteiger partial charge in [0.2, 0.25) is 5.91 Å². The lowest BCUT2D eigenvalue weighted by Crippen LogP contribution is -2.43. The Morgan fingerprint density at radius 2 is 2.22 bits per heavy atom. The topological polar surface area (TPSA) is 106 Å². The Morgan fingerprint density at radius 3 is 2.96 bits per heavy atom. The molecule has 0 bridgehead atoms. The summed E-state index contributed by atoms with van der Waals surface area (Å²) in [4.78, 5) is 22.8. The molecule has 2 aromatic heterocycles. The largest absolute Gasteiger partial charge is 0.372 e. The summed E-state index contributed by atoms with van der Waals surface area (Å²) in [6.45, 7) is 3.18. The number of nitrogens with zero attached hydrogens (tertiary/aromatic N) is 5. The third-order valence-corrected chi connectivity index (χ3v) is 3.75. The summed E-state index contributed by atoms with van der Waals surface area (Å²) in [5.74, 6) is 0.621. The number of morpholine rings is 1. The van der Waals surface area contributed by atoms with Crippen molar-refractivity contribution in [1.29, 1.82) is 0 Å². The Kier molecular flexibility index (Phi) is 4.47. The van der Waals surface area contributed by atoms with E-state index in [1.54, 1.807) is 31.3 Å². The average molecular weight is 318 g/mol. The van der Waals surface area contributed by atoms with E-state index in [0.29, 0.717) is 42.6 Å². The lowest BCUT2D eigenvalue weighted by Gasteiger charge is -2.33. The van der Waals surface area contributed by atoms with E-state index in [4.69, 9.17) is 4.74 Å². The van der Waals surface area contributed by atoms with Crippen LogP contribution in [0.15, 0.2) is 17.0 Å². The zero-order chi connectivity index (χ0) is 16.2. The van der Waals surface area contributed by atoms with Crippen molar-refractivity contribution < 1.29 is 14.2 Å². The summed E-state index contributed by atoms with van der Waals surface area (Å²) in [7, 11) is 1.78. The summed E-state index contributed by atoms with van der Waals surface area (Å²) in [6.07, 6.45) is 3.09. The van der Waals surface area contributed by atoms with Gasteiger partial charge in [-0.25, -0.2) is 9.61 Å². The van der Waals surface area contributed by atoms with Crippen molar-refractivity contribution >= 4 is 11.7 Å². The van der Waals surface area contributed by atoms with Gasteiger partial charge >= 0.3 is 0 Å². The van der Waals surface area contributed by atoms with Crippen LogP contribution in [0.1, 0.15) is 23.2 Å². The SMILES string of the molecule is CNc1nccnc1C1CN(C(=O)Cc2nonc2C)CCO1. The van der Waals surface area contributed by atoms with Crippen LogP contribution >= 0.6 is 0 Å². The average Bonchev–Trinajstić information content (AvgIpc) is 2.99. The number of ether oxygens (including phenoxy) is 1. The minimum Gasteiger partial charge on any atom is -0.372 e. The molecule has 0 saturated carbocycles. The number of hydrogen-bond acceptors (Lipinski definition) is 8. The number of hydrogen-bond donors (Lipinski definition) is 1. The summed E-state index contributed by atoms with van der Waals surface area (Å²) in [5.41, 5.74) is 1.90. The maximum Gasteiger partial charge on any atom is 0.228 e. The Balaban J connectivity index is 1.70. The molecule has 23 heavy (non-hydrogen) atoms. The maximum absolute atomic E-state index is 12.5. The van der Waals surface area contributed by atoms with Crippen LogP contribution in [-0.4, -0.2) is 57.8 Å². The molecule has 1 unspecified atom stereocenters. The molecule has 1 saturated heterocycles. The second kappa shape index (κ2) is 6.69. The number of aromatic nitrogens is 4. The number of carbonyl (C=O) groups is 1.